The van der Waals surface area contributed by atoms with Gasteiger partial charge in [0.2, 0.25) is 0 Å². The minimum absolute atomic E-state index is 0.0198. The van der Waals surface area contributed by atoms with Gasteiger partial charge in [0.25, 0.3) is 0 Å². The molecule has 0 aliphatic rings. The lowest BCUT2D eigenvalue weighted by Gasteiger charge is -2.15. The molecule has 3 nitrogen and oxygen atoms in total. The summed E-state index contributed by atoms with van der Waals surface area (Å²) in [6.07, 6.45) is 3.99. The van der Waals surface area contributed by atoms with Gasteiger partial charge < -0.3 is 10.7 Å². The molecule has 0 aliphatic heterocycles. The van der Waals surface area contributed by atoms with E-state index in [0.717, 1.165) is 29.9 Å². The molecule has 1 aromatic carbocycles. The Morgan fingerprint density at radius 3 is 2.47 bits per heavy atom. The number of imidazole rings is 1. The maximum Gasteiger partial charge on any atom is 0.123 e. The molecule has 0 fully saturated rings. The van der Waals surface area contributed by atoms with E-state index in [9.17, 15) is 0 Å². The zero-order valence-corrected chi connectivity index (χ0v) is 12.0. The maximum absolute atomic E-state index is 6.19. The molecule has 1 aromatic heterocycles. The monoisotopic (exact) mass is 257 g/mol. The van der Waals surface area contributed by atoms with Crippen LogP contribution in [0.25, 0.3) is 11.3 Å². The molecule has 1 heterocycles. The predicted molar refractivity (Wildman–Crippen MR) is 79.8 cm³/mol. The van der Waals surface area contributed by atoms with E-state index in [1.165, 1.54) is 5.56 Å². The van der Waals surface area contributed by atoms with Gasteiger partial charge in [-0.3, -0.25) is 0 Å². The van der Waals surface area contributed by atoms with Crippen LogP contribution in [0, 0.1) is 5.92 Å². The number of benzene rings is 1. The zero-order chi connectivity index (χ0) is 13.8. The van der Waals surface area contributed by atoms with Gasteiger partial charge in [-0.2, -0.15) is 0 Å². The number of aromatic amines is 1. The first-order chi connectivity index (χ1) is 9.15. The lowest BCUT2D eigenvalue weighted by Crippen LogP contribution is -2.19. The highest BCUT2D eigenvalue weighted by Gasteiger charge is 2.16. The summed E-state index contributed by atoms with van der Waals surface area (Å²) in [5, 5.41) is 0. The Hall–Kier alpha value is -1.61. The van der Waals surface area contributed by atoms with Crippen molar-refractivity contribution in [2.24, 2.45) is 11.7 Å². The molecule has 0 aliphatic carbocycles. The Kier molecular flexibility index (Phi) is 4.38. The molecule has 2 unspecified atom stereocenters. The normalized spacial score (nSPS) is 14.3. The molecule has 0 bridgehead atoms. The number of aryl methyl sites for hydroxylation is 1. The number of aromatic nitrogens is 2. The van der Waals surface area contributed by atoms with Crippen LogP contribution in [0.1, 0.15) is 44.6 Å². The van der Waals surface area contributed by atoms with Gasteiger partial charge >= 0.3 is 0 Å². The highest BCUT2D eigenvalue weighted by atomic mass is 15.0. The van der Waals surface area contributed by atoms with E-state index in [1.54, 1.807) is 0 Å². The van der Waals surface area contributed by atoms with Gasteiger partial charge in [0, 0.05) is 0 Å². The number of hydrogen-bond acceptors (Lipinski definition) is 2. The number of H-pyrrole nitrogens is 1. The van der Waals surface area contributed by atoms with Crippen LogP contribution in [0.3, 0.4) is 0 Å². The SMILES string of the molecule is CCc1ccc(-c2cnc(C(N)C(C)CC)[nH]2)cc1. The van der Waals surface area contributed by atoms with Gasteiger partial charge in [0.1, 0.15) is 5.82 Å². The van der Waals surface area contributed by atoms with Crippen LogP contribution < -0.4 is 5.73 Å². The molecule has 0 spiro atoms. The second-order valence-electron chi connectivity index (χ2n) is 5.14. The standard InChI is InChI=1S/C16H23N3/c1-4-11(3)15(17)16-18-10-14(19-16)13-8-6-12(5-2)7-9-13/h6-11,15H,4-5,17H2,1-3H3,(H,18,19). The van der Waals surface area contributed by atoms with Crippen LogP contribution in [-0.4, -0.2) is 9.97 Å². The van der Waals surface area contributed by atoms with Crippen molar-refractivity contribution < 1.29 is 0 Å². The molecule has 19 heavy (non-hydrogen) atoms. The number of rotatable bonds is 5. The third-order valence-electron chi connectivity index (χ3n) is 3.84. The van der Waals surface area contributed by atoms with E-state index in [0.29, 0.717) is 5.92 Å². The Balaban J connectivity index is 2.20. The molecule has 2 atom stereocenters. The lowest BCUT2D eigenvalue weighted by atomic mass is 10.00. The smallest absolute Gasteiger partial charge is 0.123 e. The molecule has 0 saturated heterocycles. The lowest BCUT2D eigenvalue weighted by molar-refractivity contribution is 0.441. The Morgan fingerprint density at radius 2 is 1.89 bits per heavy atom. The zero-order valence-electron chi connectivity index (χ0n) is 12.0. The van der Waals surface area contributed by atoms with Crippen LogP contribution in [0.2, 0.25) is 0 Å². The van der Waals surface area contributed by atoms with Gasteiger partial charge in [0.15, 0.2) is 0 Å². The summed E-state index contributed by atoms with van der Waals surface area (Å²) < 4.78 is 0. The fourth-order valence-corrected chi connectivity index (χ4v) is 2.10. The second kappa shape index (κ2) is 6.02. The Labute approximate surface area is 115 Å². The van der Waals surface area contributed by atoms with E-state index in [-0.39, 0.29) is 6.04 Å². The predicted octanol–water partition coefficient (Wildman–Crippen LogP) is 3.69. The molecule has 102 valence electrons. The van der Waals surface area contributed by atoms with Crippen molar-refractivity contribution in [1.82, 2.24) is 9.97 Å². The summed E-state index contributed by atoms with van der Waals surface area (Å²) in [4.78, 5) is 7.77. The first-order valence-corrected chi connectivity index (χ1v) is 7.05. The largest absolute Gasteiger partial charge is 0.341 e. The van der Waals surface area contributed by atoms with Crippen molar-refractivity contribution >= 4 is 0 Å². The average Bonchev–Trinajstić information content (AvgIpc) is 2.95. The Bertz CT molecular complexity index is 513. The Morgan fingerprint density at radius 1 is 1.21 bits per heavy atom. The van der Waals surface area contributed by atoms with E-state index in [2.05, 4.69) is 55.0 Å². The number of hydrogen-bond donors (Lipinski definition) is 2. The molecular formula is C16H23N3. The summed E-state index contributed by atoms with van der Waals surface area (Å²) >= 11 is 0. The van der Waals surface area contributed by atoms with Gasteiger partial charge in [-0.15, -0.1) is 0 Å². The highest BCUT2D eigenvalue weighted by Crippen LogP contribution is 2.23. The minimum Gasteiger partial charge on any atom is -0.341 e. The van der Waals surface area contributed by atoms with E-state index >= 15 is 0 Å². The number of nitrogens with zero attached hydrogens (tertiary/aromatic N) is 1. The van der Waals surface area contributed by atoms with Crippen molar-refractivity contribution in [2.75, 3.05) is 0 Å². The quantitative estimate of drug-likeness (QED) is 0.858. The topological polar surface area (TPSA) is 54.7 Å². The van der Waals surface area contributed by atoms with Gasteiger partial charge in [0.05, 0.1) is 17.9 Å². The van der Waals surface area contributed by atoms with Gasteiger partial charge in [-0.1, -0.05) is 51.5 Å². The van der Waals surface area contributed by atoms with Gasteiger partial charge in [-0.05, 0) is 23.5 Å². The first-order valence-electron chi connectivity index (χ1n) is 7.05. The maximum atomic E-state index is 6.19. The summed E-state index contributed by atoms with van der Waals surface area (Å²) in [7, 11) is 0. The highest BCUT2D eigenvalue weighted by molar-refractivity contribution is 5.58. The molecular weight excluding hydrogens is 234 g/mol. The molecule has 2 rings (SSSR count). The first kappa shape index (κ1) is 13.8. The summed E-state index contributed by atoms with van der Waals surface area (Å²) in [5.74, 6) is 1.31. The summed E-state index contributed by atoms with van der Waals surface area (Å²) in [5.41, 5.74) is 9.74. The van der Waals surface area contributed by atoms with E-state index < -0.39 is 0 Å². The van der Waals surface area contributed by atoms with Crippen LogP contribution >= 0.6 is 0 Å². The van der Waals surface area contributed by atoms with Crippen molar-refractivity contribution in [1.29, 1.82) is 0 Å². The molecule has 0 saturated carbocycles. The summed E-state index contributed by atoms with van der Waals surface area (Å²) in [6.45, 7) is 6.47. The van der Waals surface area contributed by atoms with E-state index in [4.69, 9.17) is 5.73 Å². The van der Waals surface area contributed by atoms with Crippen LogP contribution in [0.4, 0.5) is 0 Å². The fourth-order valence-electron chi connectivity index (χ4n) is 2.10. The number of nitrogens with one attached hydrogen (secondary N) is 1. The van der Waals surface area contributed by atoms with Crippen LogP contribution in [0.15, 0.2) is 30.5 Å². The van der Waals surface area contributed by atoms with E-state index in [1.807, 2.05) is 6.20 Å². The van der Waals surface area contributed by atoms with Crippen molar-refractivity contribution in [2.45, 2.75) is 39.7 Å². The minimum atomic E-state index is -0.0198. The molecule has 3 N–H and O–H groups in total. The third-order valence-corrected chi connectivity index (χ3v) is 3.84. The molecule has 2 aromatic rings. The van der Waals surface area contributed by atoms with Crippen molar-refractivity contribution in [3.05, 3.63) is 41.9 Å². The molecule has 3 heteroatoms. The molecule has 0 radical (unpaired) electrons. The number of nitrogens with two attached hydrogens (primary N) is 1. The van der Waals surface area contributed by atoms with Crippen molar-refractivity contribution in [3.8, 4) is 11.3 Å². The summed E-state index contributed by atoms with van der Waals surface area (Å²) in [6, 6.07) is 8.55. The second-order valence-corrected chi connectivity index (χ2v) is 5.14. The fraction of sp³-hybridized carbons (Fsp3) is 0.438. The van der Waals surface area contributed by atoms with Crippen LogP contribution in [-0.2, 0) is 6.42 Å². The van der Waals surface area contributed by atoms with Crippen LogP contribution in [0.5, 0.6) is 0 Å². The van der Waals surface area contributed by atoms with Gasteiger partial charge in [-0.25, -0.2) is 4.98 Å². The van der Waals surface area contributed by atoms with Crippen molar-refractivity contribution in [3.63, 3.8) is 0 Å². The molecule has 0 amide bonds. The average molecular weight is 257 g/mol. The third kappa shape index (κ3) is 3.04.